The molecule has 2 atom stereocenters. The summed E-state index contributed by atoms with van der Waals surface area (Å²) in [4.78, 5) is 9.13. The SMILES string of the molecule is Cc1cc(O)c2nc(Oc3[c-]c(C4=N[C@H]5CCC(C)(C)[C@H]5O4)cc(-c4c(F)cc(F)cc4F)c3)ccc2c1.[Pt]. The van der Waals surface area contributed by atoms with Crippen molar-refractivity contribution in [3.05, 3.63) is 83.2 Å². The molecule has 1 N–H and O–H groups in total. The van der Waals surface area contributed by atoms with Crippen LogP contribution in [0.4, 0.5) is 13.2 Å². The molecule has 1 aliphatic carbocycles. The number of hydrogen-bond donors (Lipinski definition) is 1. The van der Waals surface area contributed by atoms with Gasteiger partial charge >= 0.3 is 0 Å². The Kier molecular flexibility index (Phi) is 6.96. The van der Waals surface area contributed by atoms with Gasteiger partial charge in [-0.2, -0.15) is 0 Å². The minimum Gasteiger partial charge on any atom is -0.514 e. The molecule has 5 nitrogen and oxygen atoms in total. The van der Waals surface area contributed by atoms with Crippen molar-refractivity contribution in [3.63, 3.8) is 0 Å². The van der Waals surface area contributed by atoms with Gasteiger partial charge in [0.05, 0.1) is 6.04 Å². The third-order valence-corrected chi connectivity index (χ3v) is 7.20. The Hall–Kier alpha value is -3.38. The zero-order valence-corrected chi connectivity index (χ0v) is 23.6. The third kappa shape index (κ3) is 5.02. The van der Waals surface area contributed by atoms with Crippen LogP contribution in [0.3, 0.4) is 0 Å². The van der Waals surface area contributed by atoms with Crippen LogP contribution >= 0.6 is 0 Å². The molecule has 2 aliphatic rings. The normalized spacial score (nSPS) is 19.3. The number of aromatic nitrogens is 1. The van der Waals surface area contributed by atoms with Crippen molar-refractivity contribution in [2.45, 2.75) is 45.8 Å². The number of hydrogen-bond acceptors (Lipinski definition) is 5. The van der Waals surface area contributed by atoms with Crippen molar-refractivity contribution in [1.82, 2.24) is 4.98 Å². The number of phenols is 1. The van der Waals surface area contributed by atoms with E-state index in [0.29, 0.717) is 29.1 Å². The second-order valence-corrected chi connectivity index (χ2v) is 10.6. The molecule has 9 heteroatoms. The van der Waals surface area contributed by atoms with E-state index in [-0.39, 0.29) is 61.6 Å². The summed E-state index contributed by atoms with van der Waals surface area (Å²) in [7, 11) is 0. The van der Waals surface area contributed by atoms with E-state index in [1.54, 1.807) is 18.2 Å². The Morgan fingerprint density at radius 3 is 2.51 bits per heavy atom. The minimum absolute atomic E-state index is 0. The molecule has 1 saturated carbocycles. The van der Waals surface area contributed by atoms with Crippen molar-refractivity contribution in [3.8, 4) is 28.5 Å². The Morgan fingerprint density at radius 1 is 1.05 bits per heavy atom. The van der Waals surface area contributed by atoms with Gasteiger partial charge in [-0.05, 0) is 43.5 Å². The minimum atomic E-state index is -1.05. The van der Waals surface area contributed by atoms with E-state index < -0.39 is 23.0 Å². The Morgan fingerprint density at radius 2 is 1.79 bits per heavy atom. The first-order chi connectivity index (χ1) is 18.1. The molecular weight excluding hydrogens is 688 g/mol. The van der Waals surface area contributed by atoms with Crippen LogP contribution in [0.5, 0.6) is 17.4 Å². The molecule has 0 unspecified atom stereocenters. The molecular formula is C30H24F3N2O3Pt-. The Labute approximate surface area is 238 Å². The molecule has 2 heterocycles. The van der Waals surface area contributed by atoms with E-state index in [4.69, 9.17) is 14.5 Å². The molecule has 0 radical (unpaired) electrons. The van der Waals surface area contributed by atoms with Gasteiger partial charge < -0.3 is 14.6 Å². The monoisotopic (exact) mass is 712 g/mol. The summed E-state index contributed by atoms with van der Waals surface area (Å²) < 4.78 is 55.4. The van der Waals surface area contributed by atoms with Gasteiger partial charge in [0.25, 0.3) is 0 Å². The fourth-order valence-corrected chi connectivity index (χ4v) is 5.33. The van der Waals surface area contributed by atoms with Crippen LogP contribution in [0, 0.1) is 35.9 Å². The summed E-state index contributed by atoms with van der Waals surface area (Å²) in [5.74, 6) is -2.57. The van der Waals surface area contributed by atoms with Crippen LogP contribution in [0.15, 0.2) is 53.5 Å². The molecule has 0 saturated heterocycles. The molecule has 3 aromatic carbocycles. The zero-order valence-electron chi connectivity index (χ0n) is 21.3. The van der Waals surface area contributed by atoms with E-state index in [1.807, 2.05) is 13.0 Å². The first kappa shape index (κ1) is 27.2. The van der Waals surface area contributed by atoms with Gasteiger partial charge in [-0.15, -0.1) is 6.07 Å². The number of pyridine rings is 1. The molecule has 1 aromatic heterocycles. The molecule has 1 fully saturated rings. The number of halogens is 3. The second-order valence-electron chi connectivity index (χ2n) is 10.6. The number of nitrogens with zero attached hydrogens (tertiary/aromatic N) is 2. The average molecular weight is 713 g/mol. The maximum absolute atomic E-state index is 14.8. The number of ether oxygens (including phenoxy) is 2. The second kappa shape index (κ2) is 9.98. The zero-order chi connectivity index (χ0) is 26.8. The van der Waals surface area contributed by atoms with E-state index in [2.05, 4.69) is 24.9 Å². The van der Waals surface area contributed by atoms with E-state index in [0.717, 1.165) is 23.8 Å². The van der Waals surface area contributed by atoms with Gasteiger partial charge in [0.15, 0.2) is 0 Å². The number of aromatic hydroxyl groups is 1. The van der Waals surface area contributed by atoms with Crippen LogP contribution in [0.25, 0.3) is 22.0 Å². The molecule has 1 aliphatic heterocycles. The van der Waals surface area contributed by atoms with E-state index >= 15 is 0 Å². The molecule has 204 valence electrons. The van der Waals surface area contributed by atoms with Gasteiger partial charge in [0, 0.05) is 61.4 Å². The topological polar surface area (TPSA) is 63.9 Å². The van der Waals surface area contributed by atoms with E-state index in [1.165, 1.54) is 12.1 Å². The van der Waals surface area contributed by atoms with E-state index in [9.17, 15) is 18.3 Å². The van der Waals surface area contributed by atoms with Crippen molar-refractivity contribution >= 4 is 16.8 Å². The number of aryl methyl sites for hydroxylation is 1. The van der Waals surface area contributed by atoms with Crippen molar-refractivity contribution in [2.75, 3.05) is 0 Å². The van der Waals surface area contributed by atoms with Crippen LogP contribution in [0.2, 0.25) is 0 Å². The number of fused-ring (bicyclic) bond motifs is 2. The molecule has 4 aromatic rings. The quantitative estimate of drug-likeness (QED) is 0.227. The van der Waals surface area contributed by atoms with Gasteiger partial charge in [-0.3, -0.25) is 4.99 Å². The molecule has 0 amide bonds. The molecule has 0 bridgehead atoms. The predicted octanol–water partition coefficient (Wildman–Crippen LogP) is 7.26. The van der Waals surface area contributed by atoms with Gasteiger partial charge in [-0.1, -0.05) is 37.1 Å². The van der Waals surface area contributed by atoms with Crippen molar-refractivity contribution in [2.24, 2.45) is 10.4 Å². The summed E-state index contributed by atoms with van der Waals surface area (Å²) in [5.41, 5.74) is 1.20. The molecule has 0 spiro atoms. The van der Waals surface area contributed by atoms with Gasteiger partial charge in [-0.25, -0.2) is 18.2 Å². The Balaban J connectivity index is 0.00000308. The fourth-order valence-electron chi connectivity index (χ4n) is 5.33. The average Bonchev–Trinajstić information content (AvgIpc) is 3.39. The summed E-state index contributed by atoms with van der Waals surface area (Å²) >= 11 is 0. The van der Waals surface area contributed by atoms with Crippen LogP contribution in [-0.4, -0.2) is 28.1 Å². The molecule has 6 rings (SSSR count). The maximum atomic E-state index is 14.8. The standard InChI is InChI=1S/C30H24F3N2O3.Pt/c1-15-8-16-4-5-25(35-27(16)24(36)9-15)37-20-11-17(26-21(32)13-19(31)14-22(26)33)10-18(12-20)29-34-23-6-7-30(2,3)28(23)38-29;/h4-5,8-11,13-14,23,28,36H,6-7H2,1-3H3;/q-1;/t23-,28-;/m0./s1. The van der Waals surface area contributed by atoms with Crippen molar-refractivity contribution < 1.29 is 48.8 Å². The van der Waals surface area contributed by atoms with Gasteiger partial charge in [0.2, 0.25) is 5.88 Å². The van der Waals surface area contributed by atoms with Crippen LogP contribution in [0.1, 0.15) is 37.8 Å². The number of phenolic OH excluding ortho intramolecular Hbond substituents is 1. The first-order valence-electron chi connectivity index (χ1n) is 12.3. The first-order valence-corrected chi connectivity index (χ1v) is 12.3. The summed E-state index contributed by atoms with van der Waals surface area (Å²) in [6.07, 6.45) is 1.73. The Bertz CT molecular complexity index is 1620. The number of aliphatic imine (C=N–C) groups is 1. The number of rotatable bonds is 4. The summed E-state index contributed by atoms with van der Waals surface area (Å²) in [6, 6.07) is 14.1. The fraction of sp³-hybridized carbons (Fsp3) is 0.267. The molecule has 39 heavy (non-hydrogen) atoms. The van der Waals surface area contributed by atoms with Crippen LogP contribution in [-0.2, 0) is 25.8 Å². The third-order valence-electron chi connectivity index (χ3n) is 7.20. The summed E-state index contributed by atoms with van der Waals surface area (Å²) in [6.45, 7) is 6.11. The van der Waals surface area contributed by atoms with Crippen molar-refractivity contribution in [1.29, 1.82) is 0 Å². The van der Waals surface area contributed by atoms with Gasteiger partial charge in [0.1, 0.15) is 40.7 Å². The predicted molar refractivity (Wildman–Crippen MR) is 137 cm³/mol. The maximum Gasteiger partial charge on any atom is 0.217 e. The van der Waals surface area contributed by atoms with Crippen LogP contribution < -0.4 is 4.74 Å². The smallest absolute Gasteiger partial charge is 0.217 e. The number of benzene rings is 3. The summed E-state index contributed by atoms with van der Waals surface area (Å²) in [5, 5.41) is 11.1. The largest absolute Gasteiger partial charge is 0.514 e.